The molecule has 8 aromatic carbocycles. The third kappa shape index (κ3) is 11.1. The maximum Gasteiger partial charge on any atom is 0.407 e. The number of fused-ring (bicyclic) bond motifs is 3. The highest BCUT2D eigenvalue weighted by Gasteiger charge is 2.44. The predicted molar refractivity (Wildman–Crippen MR) is 309 cm³/mol. The number of carbonyl (C=O) groups is 4. The molecule has 2 N–H and O–H groups in total. The van der Waals surface area contributed by atoms with E-state index in [4.69, 9.17) is 9.47 Å². The quantitative estimate of drug-likeness (QED) is 0.0573. The van der Waals surface area contributed by atoms with Crippen molar-refractivity contribution in [2.75, 3.05) is 31.3 Å². The highest BCUT2D eigenvalue weighted by atomic mass is 32.2. The molecule has 0 unspecified atom stereocenters. The summed E-state index contributed by atoms with van der Waals surface area (Å²) in [6, 6.07) is 74.2. The average Bonchev–Trinajstić information content (AvgIpc) is 4.15. The number of nitrogens with zero attached hydrogens (tertiary/aromatic N) is 1. The molecule has 1 heterocycles. The van der Waals surface area contributed by atoms with Crippen LogP contribution in [0.25, 0.3) is 11.1 Å². The molecule has 1 aliphatic carbocycles. The number of alkyl carbamates (subject to hydrolysis) is 1. The first-order valence-electron chi connectivity index (χ1n) is 26.3. The fraction of sp³-hybridized carbons (Fsp3) is 0.212. The van der Waals surface area contributed by atoms with E-state index in [0.29, 0.717) is 12.8 Å². The Kier molecular flexibility index (Phi) is 16.7. The molecule has 388 valence electrons. The molecule has 3 atom stereocenters. The van der Waals surface area contributed by atoms with Gasteiger partial charge >= 0.3 is 12.1 Å². The lowest BCUT2D eigenvalue weighted by Crippen LogP contribution is -2.56. The molecule has 0 bridgehead atoms. The Balaban J connectivity index is 0.953. The van der Waals surface area contributed by atoms with Crippen LogP contribution in [0.15, 0.2) is 231 Å². The number of rotatable bonds is 20. The van der Waals surface area contributed by atoms with Crippen molar-refractivity contribution < 1.29 is 28.7 Å². The van der Waals surface area contributed by atoms with Crippen molar-refractivity contribution in [2.24, 2.45) is 0 Å². The first-order valence-corrected chi connectivity index (χ1v) is 28.3. The highest BCUT2D eigenvalue weighted by Crippen LogP contribution is 2.51. The van der Waals surface area contributed by atoms with E-state index in [-0.39, 0.29) is 37.2 Å². The topological polar surface area (TPSA) is 114 Å². The fourth-order valence-corrected chi connectivity index (χ4v) is 14.2. The Morgan fingerprint density at radius 3 is 1.29 bits per heavy atom. The molecular formula is C66H61N3O6S2. The smallest absolute Gasteiger partial charge is 0.407 e. The van der Waals surface area contributed by atoms with Crippen LogP contribution in [-0.2, 0) is 33.4 Å². The number of nitrogens with one attached hydrogen (secondary N) is 2. The molecular weight excluding hydrogens is 995 g/mol. The third-order valence-corrected chi connectivity index (χ3v) is 18.0. The number of amides is 3. The fourth-order valence-electron chi connectivity index (χ4n) is 11.1. The monoisotopic (exact) mass is 1060 g/mol. The van der Waals surface area contributed by atoms with Gasteiger partial charge in [-0.1, -0.05) is 231 Å². The van der Waals surface area contributed by atoms with Crippen LogP contribution < -0.4 is 10.6 Å². The van der Waals surface area contributed by atoms with Gasteiger partial charge in [-0.2, -0.15) is 0 Å². The summed E-state index contributed by atoms with van der Waals surface area (Å²) in [6.45, 7) is 2.18. The van der Waals surface area contributed by atoms with Gasteiger partial charge < -0.3 is 25.0 Å². The van der Waals surface area contributed by atoms with Crippen LogP contribution in [-0.4, -0.2) is 78.2 Å². The van der Waals surface area contributed by atoms with E-state index in [1.807, 2.05) is 133 Å². The highest BCUT2D eigenvalue weighted by molar-refractivity contribution is 8.01. The first-order chi connectivity index (χ1) is 37.8. The van der Waals surface area contributed by atoms with E-state index in [2.05, 4.69) is 108 Å². The second-order valence-electron chi connectivity index (χ2n) is 19.2. The van der Waals surface area contributed by atoms with Crippen molar-refractivity contribution in [2.45, 2.75) is 53.3 Å². The molecule has 0 radical (unpaired) electrons. The Bertz CT molecular complexity index is 3020. The number of carbonyl (C=O) groups excluding carboxylic acids is 4. The molecule has 11 heteroatoms. The van der Waals surface area contributed by atoms with Crippen LogP contribution in [0.1, 0.15) is 70.2 Å². The Morgan fingerprint density at radius 1 is 0.506 bits per heavy atom. The molecule has 1 fully saturated rings. The van der Waals surface area contributed by atoms with E-state index >= 15 is 4.79 Å². The lowest BCUT2D eigenvalue weighted by Gasteiger charge is -2.37. The van der Waals surface area contributed by atoms with Crippen LogP contribution in [0.4, 0.5) is 4.79 Å². The van der Waals surface area contributed by atoms with E-state index in [1.54, 1.807) is 35.3 Å². The maximum absolute atomic E-state index is 15.5. The number of thioether (sulfide) groups is 2. The molecule has 1 saturated heterocycles. The van der Waals surface area contributed by atoms with E-state index < -0.39 is 51.5 Å². The van der Waals surface area contributed by atoms with Crippen molar-refractivity contribution in [1.82, 2.24) is 15.5 Å². The van der Waals surface area contributed by atoms with Gasteiger partial charge in [0.15, 0.2) is 0 Å². The van der Waals surface area contributed by atoms with Gasteiger partial charge in [0, 0.05) is 24.0 Å². The number of benzene rings is 8. The SMILES string of the molecule is CCOC(=O)[C@@H](CSC(c1ccccc1)(c1ccccc1)c1ccccc1)NC(=O)[C@@H]1CCCN1C(=O)[C@H](CSC(c1ccccc1)(c1ccccc1)c1ccccc1)NC(=O)OCC1c2ccccc2-c2ccccc21. The van der Waals surface area contributed by atoms with E-state index in [1.165, 1.54) is 0 Å². The molecule has 2 aliphatic rings. The van der Waals surface area contributed by atoms with Crippen LogP contribution in [0, 0.1) is 0 Å². The van der Waals surface area contributed by atoms with Crippen molar-refractivity contribution in [1.29, 1.82) is 0 Å². The van der Waals surface area contributed by atoms with Crippen molar-refractivity contribution >= 4 is 47.4 Å². The average molecular weight is 1060 g/mol. The molecule has 10 rings (SSSR count). The second-order valence-corrected chi connectivity index (χ2v) is 21.7. The second kappa shape index (κ2) is 24.4. The minimum absolute atomic E-state index is 0.0536. The zero-order valence-electron chi connectivity index (χ0n) is 42.9. The van der Waals surface area contributed by atoms with Gasteiger partial charge in [-0.25, -0.2) is 9.59 Å². The largest absolute Gasteiger partial charge is 0.464 e. The molecule has 9 nitrogen and oxygen atoms in total. The number of likely N-dealkylation sites (tertiary alicyclic amines) is 1. The van der Waals surface area contributed by atoms with Gasteiger partial charge in [-0.15, -0.1) is 23.5 Å². The van der Waals surface area contributed by atoms with Crippen molar-refractivity contribution in [3.8, 4) is 11.1 Å². The van der Waals surface area contributed by atoms with Crippen molar-refractivity contribution in [3.63, 3.8) is 0 Å². The maximum atomic E-state index is 15.5. The minimum Gasteiger partial charge on any atom is -0.464 e. The van der Waals surface area contributed by atoms with Gasteiger partial charge in [0.25, 0.3) is 0 Å². The van der Waals surface area contributed by atoms with E-state index in [9.17, 15) is 14.4 Å². The number of esters is 1. The van der Waals surface area contributed by atoms with E-state index in [0.717, 1.165) is 55.6 Å². The van der Waals surface area contributed by atoms with Crippen LogP contribution >= 0.6 is 23.5 Å². The Morgan fingerprint density at radius 2 is 0.883 bits per heavy atom. The van der Waals surface area contributed by atoms with Crippen LogP contribution in [0.5, 0.6) is 0 Å². The summed E-state index contributed by atoms with van der Waals surface area (Å²) < 4.78 is 10.2. The molecule has 77 heavy (non-hydrogen) atoms. The third-order valence-electron chi connectivity index (χ3n) is 14.7. The number of ether oxygens (including phenoxy) is 2. The predicted octanol–water partition coefficient (Wildman–Crippen LogP) is 12.4. The Labute approximate surface area is 459 Å². The normalized spacial score (nSPS) is 14.9. The summed E-state index contributed by atoms with van der Waals surface area (Å²) >= 11 is 3.08. The lowest BCUT2D eigenvalue weighted by atomic mass is 9.84. The summed E-state index contributed by atoms with van der Waals surface area (Å²) in [5, 5.41) is 6.11. The molecule has 8 aromatic rings. The van der Waals surface area contributed by atoms with Gasteiger partial charge in [-0.05, 0) is 75.4 Å². The van der Waals surface area contributed by atoms with Crippen molar-refractivity contribution in [3.05, 3.63) is 275 Å². The standard InChI is InChI=1S/C66H61N3O6S2/c1-2-74-63(72)59(46-77-66(50-32-15-6-16-33-50,51-34-17-7-18-35-51)52-36-19-8-20-37-52)67-61(70)60-42-25-43-69(60)62(71)58(68-64(73)75-44-57-55-40-23-21-38-53(55)54-39-22-24-41-56(54)57)45-76-65(47-26-9-3-10-27-47,48-28-11-4-12-29-48)49-30-13-5-14-31-49/h3-24,26-41,57-60H,2,25,42-46H2,1H3,(H,67,70)(H,68,73)/t58-,59+,60-/m0/s1. The number of hydrogen-bond acceptors (Lipinski definition) is 8. The molecule has 3 amide bonds. The summed E-state index contributed by atoms with van der Waals surface area (Å²) in [7, 11) is 0. The lowest BCUT2D eigenvalue weighted by molar-refractivity contribution is -0.147. The van der Waals surface area contributed by atoms with Gasteiger partial charge in [0.05, 0.1) is 16.1 Å². The zero-order chi connectivity index (χ0) is 53.0. The summed E-state index contributed by atoms with van der Waals surface area (Å²) in [4.78, 5) is 60.5. The van der Waals surface area contributed by atoms with Gasteiger partial charge in [0.2, 0.25) is 11.8 Å². The van der Waals surface area contributed by atoms with Gasteiger partial charge in [-0.3, -0.25) is 9.59 Å². The Hall–Kier alpha value is -7.86. The van der Waals surface area contributed by atoms with Crippen LogP contribution in [0.3, 0.4) is 0 Å². The summed E-state index contributed by atoms with van der Waals surface area (Å²) in [5.41, 5.74) is 10.3. The number of hydrogen-bond donors (Lipinski definition) is 2. The molecule has 1 aliphatic heterocycles. The molecule has 0 spiro atoms. The zero-order valence-corrected chi connectivity index (χ0v) is 44.5. The molecule has 0 aromatic heterocycles. The van der Waals surface area contributed by atoms with Crippen LogP contribution in [0.2, 0.25) is 0 Å². The summed E-state index contributed by atoms with van der Waals surface area (Å²) in [6.07, 6.45) is 0.151. The van der Waals surface area contributed by atoms with Gasteiger partial charge in [0.1, 0.15) is 24.7 Å². The minimum atomic E-state index is -1.14. The first kappa shape index (κ1) is 52.6. The molecule has 0 saturated carbocycles. The summed E-state index contributed by atoms with van der Waals surface area (Å²) in [5.74, 6) is -1.42.